The number of nitrogens with zero attached hydrogens (tertiary/aromatic N) is 3. The van der Waals surface area contributed by atoms with Crippen molar-refractivity contribution in [3.05, 3.63) is 62.4 Å². The molecular weight excluding hydrogens is 406 g/mol. The standard InChI is InChI=1S/C21H23N3O5S/c1-4-29-10-9-23-17-7-6-16(24(26)27)13-19(17)30-21(23)22-20(25)12-15-11-14(2)5-8-18(15)28-3/h5-8,11,13H,4,9-10,12H2,1-3H3. The first kappa shape index (κ1) is 21.7. The Morgan fingerprint density at radius 1 is 1.27 bits per heavy atom. The molecule has 1 heterocycles. The van der Waals surface area contributed by atoms with Crippen LogP contribution in [0.15, 0.2) is 41.4 Å². The number of hydrogen-bond acceptors (Lipinski definition) is 6. The molecule has 0 aliphatic carbocycles. The number of methoxy groups -OCH3 is 1. The lowest BCUT2D eigenvalue weighted by Gasteiger charge is -2.08. The highest BCUT2D eigenvalue weighted by Crippen LogP contribution is 2.24. The summed E-state index contributed by atoms with van der Waals surface area (Å²) >= 11 is 1.25. The number of amides is 1. The summed E-state index contributed by atoms with van der Waals surface area (Å²) in [6.07, 6.45) is 0.102. The van der Waals surface area contributed by atoms with E-state index in [0.29, 0.717) is 35.0 Å². The van der Waals surface area contributed by atoms with Crippen LogP contribution < -0.4 is 9.54 Å². The van der Waals surface area contributed by atoms with Gasteiger partial charge in [0.15, 0.2) is 4.80 Å². The third-order valence-electron chi connectivity index (χ3n) is 4.54. The number of aromatic nitrogens is 1. The van der Waals surface area contributed by atoms with Gasteiger partial charge >= 0.3 is 0 Å². The first-order valence-corrected chi connectivity index (χ1v) is 10.3. The summed E-state index contributed by atoms with van der Waals surface area (Å²) in [5, 5.41) is 11.1. The van der Waals surface area contributed by atoms with Gasteiger partial charge in [-0.05, 0) is 26.0 Å². The lowest BCUT2D eigenvalue weighted by Crippen LogP contribution is -2.20. The molecule has 0 atom stereocenters. The number of non-ortho nitro benzene ring substituents is 1. The fraction of sp³-hybridized carbons (Fsp3) is 0.333. The zero-order valence-corrected chi connectivity index (χ0v) is 17.9. The second kappa shape index (κ2) is 9.64. The van der Waals surface area contributed by atoms with E-state index in [9.17, 15) is 14.9 Å². The second-order valence-corrected chi connectivity index (χ2v) is 7.65. The molecule has 0 radical (unpaired) electrons. The number of hydrogen-bond donors (Lipinski definition) is 0. The molecule has 2 aromatic carbocycles. The third-order valence-corrected chi connectivity index (χ3v) is 5.58. The number of nitro benzene ring substituents is 1. The van der Waals surface area contributed by atoms with Crippen molar-refractivity contribution in [2.45, 2.75) is 26.8 Å². The van der Waals surface area contributed by atoms with Crippen LogP contribution in [0.1, 0.15) is 18.1 Å². The van der Waals surface area contributed by atoms with Gasteiger partial charge in [0.1, 0.15) is 5.75 Å². The van der Waals surface area contributed by atoms with Crippen LogP contribution in [0, 0.1) is 17.0 Å². The minimum atomic E-state index is -0.435. The molecule has 0 saturated heterocycles. The number of thiazole rings is 1. The topological polar surface area (TPSA) is 96.0 Å². The minimum Gasteiger partial charge on any atom is -0.496 e. The zero-order chi connectivity index (χ0) is 21.7. The Morgan fingerprint density at radius 3 is 2.77 bits per heavy atom. The highest BCUT2D eigenvalue weighted by atomic mass is 32.1. The van der Waals surface area contributed by atoms with Crippen molar-refractivity contribution < 1.29 is 19.2 Å². The van der Waals surface area contributed by atoms with Crippen molar-refractivity contribution in [3.8, 4) is 5.75 Å². The predicted octanol–water partition coefficient (Wildman–Crippen LogP) is 3.63. The molecular formula is C21H23N3O5S. The maximum absolute atomic E-state index is 12.7. The number of nitro groups is 1. The molecule has 0 saturated carbocycles. The molecule has 9 heteroatoms. The molecule has 0 unspecified atom stereocenters. The minimum absolute atomic E-state index is 0.00285. The number of ether oxygens (including phenoxy) is 2. The quantitative estimate of drug-likeness (QED) is 0.309. The van der Waals surface area contributed by atoms with Crippen molar-refractivity contribution >= 4 is 33.1 Å². The van der Waals surface area contributed by atoms with Gasteiger partial charge in [0.05, 0.1) is 35.3 Å². The number of rotatable bonds is 8. The van der Waals surface area contributed by atoms with Crippen LogP contribution in [-0.2, 0) is 22.5 Å². The Bertz CT molecular complexity index is 1150. The van der Waals surface area contributed by atoms with E-state index in [-0.39, 0.29) is 18.0 Å². The van der Waals surface area contributed by atoms with Gasteiger partial charge in [-0.2, -0.15) is 4.99 Å². The summed E-state index contributed by atoms with van der Waals surface area (Å²) in [7, 11) is 1.57. The summed E-state index contributed by atoms with van der Waals surface area (Å²) in [5.74, 6) is 0.324. The molecule has 0 bridgehead atoms. The number of carbonyl (C=O) groups is 1. The fourth-order valence-electron chi connectivity index (χ4n) is 3.13. The van der Waals surface area contributed by atoms with Gasteiger partial charge in [-0.1, -0.05) is 29.0 Å². The molecule has 0 aliphatic rings. The average Bonchev–Trinajstić information content (AvgIpc) is 3.04. The second-order valence-electron chi connectivity index (χ2n) is 6.64. The highest BCUT2D eigenvalue weighted by Gasteiger charge is 2.14. The van der Waals surface area contributed by atoms with Crippen molar-refractivity contribution in [1.82, 2.24) is 4.57 Å². The smallest absolute Gasteiger partial charge is 0.270 e. The van der Waals surface area contributed by atoms with E-state index in [4.69, 9.17) is 9.47 Å². The van der Waals surface area contributed by atoms with Crippen LogP contribution in [0.3, 0.4) is 0 Å². The first-order chi connectivity index (χ1) is 14.4. The van der Waals surface area contributed by atoms with Crippen molar-refractivity contribution in [2.24, 2.45) is 4.99 Å². The van der Waals surface area contributed by atoms with E-state index in [1.54, 1.807) is 13.2 Å². The van der Waals surface area contributed by atoms with Gasteiger partial charge in [0.25, 0.3) is 11.6 Å². The monoisotopic (exact) mass is 429 g/mol. The lowest BCUT2D eigenvalue weighted by molar-refractivity contribution is -0.384. The maximum atomic E-state index is 12.7. The van der Waals surface area contributed by atoms with Crippen LogP contribution >= 0.6 is 11.3 Å². The molecule has 8 nitrogen and oxygen atoms in total. The first-order valence-electron chi connectivity index (χ1n) is 9.49. The van der Waals surface area contributed by atoms with Crippen molar-refractivity contribution in [3.63, 3.8) is 0 Å². The molecule has 3 aromatic rings. The van der Waals surface area contributed by atoms with Gasteiger partial charge < -0.3 is 14.0 Å². The summed E-state index contributed by atoms with van der Waals surface area (Å²) in [6, 6.07) is 10.3. The highest BCUT2D eigenvalue weighted by molar-refractivity contribution is 7.16. The molecule has 1 amide bonds. The van der Waals surface area contributed by atoms with Gasteiger partial charge in [-0.3, -0.25) is 14.9 Å². The van der Waals surface area contributed by atoms with Crippen LogP contribution in [0.25, 0.3) is 10.2 Å². The van der Waals surface area contributed by atoms with E-state index in [0.717, 1.165) is 16.6 Å². The predicted molar refractivity (Wildman–Crippen MR) is 115 cm³/mol. The van der Waals surface area contributed by atoms with Gasteiger partial charge in [-0.15, -0.1) is 0 Å². The molecule has 0 N–H and O–H groups in total. The molecule has 0 fully saturated rings. The van der Waals surface area contributed by atoms with Crippen LogP contribution in [0.5, 0.6) is 5.75 Å². The third kappa shape index (κ3) is 4.92. The van der Waals surface area contributed by atoms with E-state index in [1.165, 1.54) is 23.5 Å². The van der Waals surface area contributed by atoms with E-state index >= 15 is 0 Å². The Kier molecular flexibility index (Phi) is 6.96. The Balaban J connectivity index is 2.00. The summed E-state index contributed by atoms with van der Waals surface area (Å²) in [5.41, 5.74) is 2.58. The molecule has 0 aliphatic heterocycles. The Labute approximate surface area is 177 Å². The Morgan fingerprint density at radius 2 is 2.07 bits per heavy atom. The number of fused-ring (bicyclic) bond motifs is 1. The van der Waals surface area contributed by atoms with E-state index in [2.05, 4.69) is 4.99 Å². The largest absolute Gasteiger partial charge is 0.496 e. The molecule has 30 heavy (non-hydrogen) atoms. The maximum Gasteiger partial charge on any atom is 0.270 e. The summed E-state index contributed by atoms with van der Waals surface area (Å²) < 4.78 is 13.4. The van der Waals surface area contributed by atoms with Crippen LogP contribution in [-0.4, -0.2) is 35.7 Å². The van der Waals surface area contributed by atoms with Gasteiger partial charge in [0, 0.05) is 30.8 Å². The SMILES string of the molecule is CCOCCn1c(=NC(=O)Cc2cc(C)ccc2OC)sc2cc([N+](=O)[O-])ccc21. The van der Waals surface area contributed by atoms with E-state index in [1.807, 2.05) is 36.6 Å². The zero-order valence-electron chi connectivity index (χ0n) is 17.1. The number of carbonyl (C=O) groups excluding carboxylic acids is 1. The molecule has 3 rings (SSSR count). The van der Waals surface area contributed by atoms with Gasteiger partial charge in [-0.25, -0.2) is 0 Å². The van der Waals surface area contributed by atoms with Crippen LogP contribution in [0.2, 0.25) is 0 Å². The van der Waals surface area contributed by atoms with E-state index < -0.39 is 4.92 Å². The number of benzene rings is 2. The molecule has 0 spiro atoms. The van der Waals surface area contributed by atoms with Gasteiger partial charge in [0.2, 0.25) is 0 Å². The lowest BCUT2D eigenvalue weighted by atomic mass is 10.1. The summed E-state index contributed by atoms with van der Waals surface area (Å²) in [6.45, 7) is 5.37. The number of aryl methyl sites for hydroxylation is 1. The molecule has 158 valence electrons. The fourth-order valence-corrected chi connectivity index (χ4v) is 4.24. The van der Waals surface area contributed by atoms with Crippen molar-refractivity contribution in [2.75, 3.05) is 20.3 Å². The summed E-state index contributed by atoms with van der Waals surface area (Å²) in [4.78, 5) is 28.2. The molecule has 1 aromatic heterocycles. The average molecular weight is 429 g/mol. The Hall–Kier alpha value is -3.04. The van der Waals surface area contributed by atoms with Crippen molar-refractivity contribution in [1.29, 1.82) is 0 Å². The normalized spacial score (nSPS) is 11.8. The van der Waals surface area contributed by atoms with Crippen LogP contribution in [0.4, 0.5) is 5.69 Å².